The van der Waals surface area contributed by atoms with Crippen molar-refractivity contribution < 1.29 is 28.5 Å². The van der Waals surface area contributed by atoms with E-state index in [1.54, 1.807) is 14.2 Å². The van der Waals surface area contributed by atoms with E-state index in [2.05, 4.69) is 34.5 Å². The zero-order valence-electron chi connectivity index (χ0n) is 20.0. The Hall–Kier alpha value is -1.30. The number of hydrogen-bond acceptors (Lipinski definition) is 8. The van der Waals surface area contributed by atoms with Crippen LogP contribution in [0, 0.1) is 0 Å². The number of nitrogens with zero attached hydrogens (tertiary/aromatic N) is 2. The van der Waals surface area contributed by atoms with Crippen LogP contribution in [-0.4, -0.2) is 129 Å². The number of carbonyl (C=O) groups excluding carboxylic acids is 2. The first kappa shape index (κ1) is 29.7. The summed E-state index contributed by atoms with van der Waals surface area (Å²) in [6.07, 6.45) is 2.81. The summed E-state index contributed by atoms with van der Waals surface area (Å²) in [6.45, 7) is 6.96. The molecule has 0 spiro atoms. The molecule has 0 aliphatic rings. The minimum atomic E-state index is -0.106. The van der Waals surface area contributed by atoms with Gasteiger partial charge in [-0.05, 0) is 59.5 Å². The van der Waals surface area contributed by atoms with Gasteiger partial charge in [-0.2, -0.15) is 0 Å². The van der Waals surface area contributed by atoms with Crippen LogP contribution in [-0.2, 0) is 28.5 Å². The van der Waals surface area contributed by atoms with Crippen LogP contribution in [0.3, 0.4) is 0 Å². The van der Waals surface area contributed by atoms with E-state index in [4.69, 9.17) is 18.9 Å². The second-order valence-corrected chi connectivity index (χ2v) is 7.50. The third-order valence-electron chi connectivity index (χ3n) is 4.36. The monoisotopic (exact) mass is 448 g/mol. The number of nitrogens with one attached hydrogen (secondary N) is 2. The number of methoxy groups -OCH3 is 2. The highest BCUT2D eigenvalue weighted by atomic mass is 16.5. The standard InChI is InChI=1S/C21H44N4O6/c1-24(2)10-7-13-25(11-5-8-22-20(26)18-30-16-14-28-3)12-6-9-23-21(27)19-31-17-15-29-4/h5-19H2,1-4H3,(H,22,26)(H,23,27). The van der Waals surface area contributed by atoms with Crippen molar-refractivity contribution in [1.82, 2.24) is 20.4 Å². The van der Waals surface area contributed by atoms with E-state index in [0.717, 1.165) is 45.4 Å². The van der Waals surface area contributed by atoms with Crippen molar-refractivity contribution in [3.63, 3.8) is 0 Å². The van der Waals surface area contributed by atoms with E-state index in [1.165, 1.54) is 0 Å². The minimum Gasteiger partial charge on any atom is -0.382 e. The van der Waals surface area contributed by atoms with Crippen molar-refractivity contribution in [1.29, 1.82) is 0 Å². The van der Waals surface area contributed by atoms with E-state index in [-0.39, 0.29) is 25.0 Å². The van der Waals surface area contributed by atoms with E-state index >= 15 is 0 Å². The molecule has 0 fully saturated rings. The van der Waals surface area contributed by atoms with Crippen LogP contribution in [0.5, 0.6) is 0 Å². The largest absolute Gasteiger partial charge is 0.382 e. The van der Waals surface area contributed by atoms with Gasteiger partial charge < -0.3 is 39.4 Å². The number of carbonyl (C=O) groups is 2. The van der Waals surface area contributed by atoms with E-state index in [1.807, 2.05) is 0 Å². The quantitative estimate of drug-likeness (QED) is 0.215. The van der Waals surface area contributed by atoms with Crippen molar-refractivity contribution in [2.45, 2.75) is 19.3 Å². The Balaban J connectivity index is 4.00. The average molecular weight is 449 g/mol. The summed E-state index contributed by atoms with van der Waals surface area (Å²) in [5.41, 5.74) is 0. The molecular formula is C21H44N4O6. The lowest BCUT2D eigenvalue weighted by Crippen LogP contribution is -2.35. The molecule has 0 heterocycles. The SMILES string of the molecule is COCCOCC(=O)NCCCN(CCCNC(=O)COCCOC)CCCN(C)C. The van der Waals surface area contributed by atoms with Crippen LogP contribution >= 0.6 is 0 Å². The molecule has 0 aromatic carbocycles. The van der Waals surface area contributed by atoms with Gasteiger partial charge in [0.05, 0.1) is 26.4 Å². The molecule has 0 aromatic heterocycles. The summed E-state index contributed by atoms with van der Waals surface area (Å²) in [7, 11) is 7.33. The first-order valence-electron chi connectivity index (χ1n) is 11.0. The Labute approximate surface area is 187 Å². The number of hydrogen-bond donors (Lipinski definition) is 2. The van der Waals surface area contributed by atoms with Crippen LogP contribution in [0.25, 0.3) is 0 Å². The topological polar surface area (TPSA) is 102 Å². The lowest BCUT2D eigenvalue weighted by atomic mass is 10.3. The molecule has 2 N–H and O–H groups in total. The summed E-state index contributed by atoms with van der Waals surface area (Å²) < 4.78 is 20.2. The van der Waals surface area contributed by atoms with E-state index in [0.29, 0.717) is 39.5 Å². The van der Waals surface area contributed by atoms with Crippen molar-refractivity contribution in [3.05, 3.63) is 0 Å². The Morgan fingerprint density at radius 3 is 1.55 bits per heavy atom. The highest BCUT2D eigenvalue weighted by molar-refractivity contribution is 5.77. The molecule has 0 unspecified atom stereocenters. The zero-order chi connectivity index (χ0) is 23.2. The van der Waals surface area contributed by atoms with Gasteiger partial charge in [0.2, 0.25) is 11.8 Å². The summed E-state index contributed by atoms with van der Waals surface area (Å²) in [5, 5.41) is 5.76. The van der Waals surface area contributed by atoms with Crippen LogP contribution in [0.15, 0.2) is 0 Å². The number of rotatable bonds is 22. The zero-order valence-corrected chi connectivity index (χ0v) is 20.0. The van der Waals surface area contributed by atoms with E-state index in [9.17, 15) is 9.59 Å². The molecule has 0 atom stereocenters. The molecule has 10 nitrogen and oxygen atoms in total. The summed E-state index contributed by atoms with van der Waals surface area (Å²) in [5.74, 6) is -0.212. The molecule has 2 amide bonds. The predicted octanol–water partition coefficient (Wildman–Crippen LogP) is -0.421. The Morgan fingerprint density at radius 1 is 0.677 bits per heavy atom. The van der Waals surface area contributed by atoms with Gasteiger partial charge in [0.25, 0.3) is 0 Å². The van der Waals surface area contributed by atoms with Gasteiger partial charge in [-0.15, -0.1) is 0 Å². The van der Waals surface area contributed by atoms with E-state index < -0.39 is 0 Å². The molecule has 0 rings (SSSR count). The molecular weight excluding hydrogens is 404 g/mol. The van der Waals surface area contributed by atoms with Crippen LogP contribution in [0.4, 0.5) is 0 Å². The van der Waals surface area contributed by atoms with Crippen LogP contribution in [0.2, 0.25) is 0 Å². The molecule has 10 heteroatoms. The first-order chi connectivity index (χ1) is 15.0. The normalized spacial score (nSPS) is 11.3. The molecule has 0 aliphatic heterocycles. The molecule has 0 saturated heterocycles. The summed E-state index contributed by atoms with van der Waals surface area (Å²) in [4.78, 5) is 28.0. The van der Waals surface area contributed by atoms with Crippen molar-refractivity contribution in [3.8, 4) is 0 Å². The molecule has 31 heavy (non-hydrogen) atoms. The van der Waals surface area contributed by atoms with Crippen LogP contribution < -0.4 is 10.6 Å². The van der Waals surface area contributed by atoms with Gasteiger partial charge in [0.1, 0.15) is 13.2 Å². The van der Waals surface area contributed by atoms with Crippen molar-refractivity contribution in [2.24, 2.45) is 0 Å². The fourth-order valence-corrected chi connectivity index (χ4v) is 2.72. The number of ether oxygens (including phenoxy) is 4. The molecule has 0 aromatic rings. The maximum absolute atomic E-state index is 11.7. The predicted molar refractivity (Wildman–Crippen MR) is 120 cm³/mol. The molecule has 0 radical (unpaired) electrons. The summed E-state index contributed by atoms with van der Waals surface area (Å²) >= 11 is 0. The second-order valence-electron chi connectivity index (χ2n) is 7.50. The summed E-state index contributed by atoms with van der Waals surface area (Å²) in [6, 6.07) is 0. The van der Waals surface area contributed by atoms with Gasteiger partial charge in [-0.25, -0.2) is 0 Å². The van der Waals surface area contributed by atoms with Crippen LogP contribution in [0.1, 0.15) is 19.3 Å². The number of amides is 2. The lowest BCUT2D eigenvalue weighted by molar-refractivity contribution is -0.126. The maximum Gasteiger partial charge on any atom is 0.246 e. The molecule has 0 saturated carbocycles. The lowest BCUT2D eigenvalue weighted by Gasteiger charge is -2.23. The molecule has 0 bridgehead atoms. The fourth-order valence-electron chi connectivity index (χ4n) is 2.72. The van der Waals surface area contributed by atoms with Gasteiger partial charge in [-0.1, -0.05) is 0 Å². The average Bonchev–Trinajstić information content (AvgIpc) is 2.74. The van der Waals surface area contributed by atoms with Gasteiger partial charge in [-0.3, -0.25) is 9.59 Å². The molecule has 184 valence electrons. The second kappa shape index (κ2) is 21.9. The van der Waals surface area contributed by atoms with Gasteiger partial charge in [0, 0.05) is 27.3 Å². The minimum absolute atomic E-state index is 0.0603. The highest BCUT2D eigenvalue weighted by Crippen LogP contribution is 1.97. The van der Waals surface area contributed by atoms with Gasteiger partial charge in [0.15, 0.2) is 0 Å². The fraction of sp³-hybridized carbons (Fsp3) is 0.905. The van der Waals surface area contributed by atoms with Crippen molar-refractivity contribution in [2.75, 3.05) is 107 Å². The Kier molecular flexibility index (Phi) is 21.0. The third kappa shape index (κ3) is 21.7. The Morgan fingerprint density at radius 2 is 1.13 bits per heavy atom. The molecule has 0 aliphatic carbocycles. The smallest absolute Gasteiger partial charge is 0.246 e. The first-order valence-corrected chi connectivity index (χ1v) is 11.0. The van der Waals surface area contributed by atoms with Crippen molar-refractivity contribution >= 4 is 11.8 Å². The maximum atomic E-state index is 11.7. The van der Waals surface area contributed by atoms with Gasteiger partial charge >= 0.3 is 0 Å². The third-order valence-corrected chi connectivity index (χ3v) is 4.36. The highest BCUT2D eigenvalue weighted by Gasteiger charge is 2.07. The Bertz CT molecular complexity index is 408.